The normalized spacial score (nSPS) is 15.5. The first-order valence-electron chi connectivity index (χ1n) is 4.44. The van der Waals surface area contributed by atoms with Crippen LogP contribution in [0.15, 0.2) is 0 Å². The number of ether oxygens (including phenoxy) is 1. The zero-order valence-electron chi connectivity index (χ0n) is 9.34. The van der Waals surface area contributed by atoms with E-state index in [4.69, 9.17) is 9.84 Å². The van der Waals surface area contributed by atoms with Crippen molar-refractivity contribution in [3.8, 4) is 0 Å². The van der Waals surface area contributed by atoms with Gasteiger partial charge in [-0.1, -0.05) is 20.8 Å². The molecule has 0 fully saturated rings. The first-order chi connectivity index (χ1) is 5.54. The van der Waals surface area contributed by atoms with Crippen LogP contribution in [0.2, 0.25) is 0 Å². The van der Waals surface area contributed by atoms with E-state index < -0.39 is 17.7 Å². The zero-order chi connectivity index (χ0) is 10.9. The Morgan fingerprint density at radius 3 is 1.62 bits per heavy atom. The molecule has 1 atom stereocenters. The van der Waals surface area contributed by atoms with Crippen LogP contribution >= 0.6 is 0 Å². The molecule has 3 nitrogen and oxygen atoms in total. The molecular weight excluding hydrogens is 168 g/mol. The summed E-state index contributed by atoms with van der Waals surface area (Å²) < 4.78 is 5.46. The molecule has 0 aromatic carbocycles. The van der Waals surface area contributed by atoms with Crippen LogP contribution in [0.5, 0.6) is 0 Å². The van der Waals surface area contributed by atoms with Crippen LogP contribution in [0.3, 0.4) is 0 Å². The van der Waals surface area contributed by atoms with Gasteiger partial charge in [0.2, 0.25) is 0 Å². The van der Waals surface area contributed by atoms with Crippen LogP contribution < -0.4 is 0 Å². The van der Waals surface area contributed by atoms with Gasteiger partial charge < -0.3 is 9.84 Å². The highest BCUT2D eigenvalue weighted by molar-refractivity contribution is 5.73. The minimum Gasteiger partial charge on any atom is -0.479 e. The maximum absolute atomic E-state index is 10.9. The molecule has 0 aromatic rings. The Kier molecular flexibility index (Phi) is 3.50. The standard InChI is InChI=1S/C10H20O3/c1-9(2,3)7(8(11)12)13-10(4,5)6/h7H,1-6H3,(H,11,12). The summed E-state index contributed by atoms with van der Waals surface area (Å²) in [6.45, 7) is 11.1. The molecule has 0 saturated carbocycles. The highest BCUT2D eigenvalue weighted by atomic mass is 16.5. The fourth-order valence-electron chi connectivity index (χ4n) is 0.951. The van der Waals surface area contributed by atoms with E-state index in [1.807, 2.05) is 41.5 Å². The SMILES string of the molecule is CC(C)(C)OC(C(=O)O)C(C)(C)C. The molecule has 1 N–H and O–H groups in total. The molecule has 1 unspecified atom stereocenters. The number of hydrogen-bond donors (Lipinski definition) is 1. The lowest BCUT2D eigenvalue weighted by atomic mass is 9.88. The van der Waals surface area contributed by atoms with Gasteiger partial charge in [-0.3, -0.25) is 0 Å². The van der Waals surface area contributed by atoms with E-state index in [1.54, 1.807) is 0 Å². The lowest BCUT2D eigenvalue weighted by Crippen LogP contribution is -2.42. The topological polar surface area (TPSA) is 46.5 Å². The zero-order valence-corrected chi connectivity index (χ0v) is 9.34. The van der Waals surface area contributed by atoms with Gasteiger partial charge in [0.05, 0.1) is 5.60 Å². The van der Waals surface area contributed by atoms with Crippen molar-refractivity contribution in [2.45, 2.75) is 53.2 Å². The summed E-state index contributed by atoms with van der Waals surface area (Å²) in [6, 6.07) is 0. The molecule has 0 aliphatic carbocycles. The number of aliphatic carboxylic acids is 1. The number of rotatable bonds is 2. The predicted molar refractivity (Wildman–Crippen MR) is 51.7 cm³/mol. The molecular formula is C10H20O3. The number of carboxylic acids is 1. The maximum Gasteiger partial charge on any atom is 0.333 e. The van der Waals surface area contributed by atoms with E-state index in [1.165, 1.54) is 0 Å². The maximum atomic E-state index is 10.9. The van der Waals surface area contributed by atoms with Gasteiger partial charge in [0.15, 0.2) is 6.10 Å². The van der Waals surface area contributed by atoms with E-state index >= 15 is 0 Å². The fourth-order valence-corrected chi connectivity index (χ4v) is 0.951. The van der Waals surface area contributed by atoms with Gasteiger partial charge in [-0.2, -0.15) is 0 Å². The van der Waals surface area contributed by atoms with E-state index in [0.717, 1.165) is 0 Å². The molecule has 0 amide bonds. The van der Waals surface area contributed by atoms with Crippen molar-refractivity contribution >= 4 is 5.97 Å². The largest absolute Gasteiger partial charge is 0.479 e. The minimum atomic E-state index is -0.901. The highest BCUT2D eigenvalue weighted by Crippen LogP contribution is 2.26. The summed E-state index contributed by atoms with van der Waals surface area (Å²) in [4.78, 5) is 10.9. The van der Waals surface area contributed by atoms with Crippen molar-refractivity contribution in [1.29, 1.82) is 0 Å². The summed E-state index contributed by atoms with van der Waals surface area (Å²) >= 11 is 0. The molecule has 0 saturated heterocycles. The average Bonchev–Trinajstić information content (AvgIpc) is 1.77. The molecule has 0 rings (SSSR count). The second-order valence-electron chi connectivity index (χ2n) is 5.31. The Labute approximate surface area is 80.1 Å². The molecule has 0 aromatic heterocycles. The van der Waals surface area contributed by atoms with Gasteiger partial charge in [0.1, 0.15) is 0 Å². The van der Waals surface area contributed by atoms with E-state index in [0.29, 0.717) is 0 Å². The van der Waals surface area contributed by atoms with Crippen LogP contribution in [-0.4, -0.2) is 22.8 Å². The molecule has 78 valence electrons. The highest BCUT2D eigenvalue weighted by Gasteiger charge is 2.35. The first kappa shape index (κ1) is 12.4. The van der Waals surface area contributed by atoms with Crippen LogP contribution in [0, 0.1) is 5.41 Å². The quantitative estimate of drug-likeness (QED) is 0.723. The molecule has 0 aliphatic heterocycles. The van der Waals surface area contributed by atoms with Crippen LogP contribution in [0.4, 0.5) is 0 Å². The monoisotopic (exact) mass is 188 g/mol. The summed E-state index contributed by atoms with van der Waals surface area (Å²) in [6.07, 6.45) is -0.757. The van der Waals surface area contributed by atoms with Gasteiger partial charge >= 0.3 is 5.97 Å². The molecule has 0 radical (unpaired) electrons. The number of carbonyl (C=O) groups is 1. The lowest BCUT2D eigenvalue weighted by Gasteiger charge is -2.33. The van der Waals surface area contributed by atoms with E-state index in [9.17, 15) is 4.79 Å². The van der Waals surface area contributed by atoms with E-state index in [-0.39, 0.29) is 5.41 Å². The smallest absolute Gasteiger partial charge is 0.333 e. The summed E-state index contributed by atoms with van der Waals surface area (Å²) in [5.41, 5.74) is -0.796. The lowest BCUT2D eigenvalue weighted by molar-refractivity contribution is -0.171. The van der Waals surface area contributed by atoms with Gasteiger partial charge in [0, 0.05) is 0 Å². The van der Waals surface area contributed by atoms with Gasteiger partial charge in [0.25, 0.3) is 0 Å². The molecule has 13 heavy (non-hydrogen) atoms. The van der Waals surface area contributed by atoms with Crippen molar-refractivity contribution in [3.05, 3.63) is 0 Å². The molecule has 0 aliphatic rings. The second kappa shape index (κ2) is 3.66. The third-order valence-corrected chi connectivity index (χ3v) is 1.48. The third kappa shape index (κ3) is 4.88. The molecule has 0 spiro atoms. The Bertz CT molecular complexity index is 183. The Balaban J connectivity index is 4.56. The van der Waals surface area contributed by atoms with Gasteiger partial charge in [-0.15, -0.1) is 0 Å². The van der Waals surface area contributed by atoms with Crippen LogP contribution in [0.25, 0.3) is 0 Å². The Morgan fingerprint density at radius 1 is 1.15 bits per heavy atom. The van der Waals surface area contributed by atoms with E-state index in [2.05, 4.69) is 0 Å². The van der Waals surface area contributed by atoms with Crippen LogP contribution in [-0.2, 0) is 9.53 Å². The first-order valence-corrected chi connectivity index (χ1v) is 4.44. The van der Waals surface area contributed by atoms with Gasteiger partial charge in [-0.05, 0) is 26.2 Å². The molecule has 0 bridgehead atoms. The third-order valence-electron chi connectivity index (χ3n) is 1.48. The van der Waals surface area contributed by atoms with Crippen molar-refractivity contribution in [2.75, 3.05) is 0 Å². The number of hydrogen-bond acceptors (Lipinski definition) is 2. The minimum absolute atomic E-state index is 0.376. The average molecular weight is 188 g/mol. The Morgan fingerprint density at radius 2 is 1.54 bits per heavy atom. The summed E-state index contributed by atoms with van der Waals surface area (Å²) in [5, 5.41) is 8.95. The Hall–Kier alpha value is -0.570. The summed E-state index contributed by atoms with van der Waals surface area (Å²) in [5.74, 6) is -0.901. The van der Waals surface area contributed by atoms with Crippen LogP contribution in [0.1, 0.15) is 41.5 Å². The number of carboxylic acid groups (broad SMARTS) is 1. The summed E-state index contributed by atoms with van der Waals surface area (Å²) in [7, 11) is 0. The van der Waals surface area contributed by atoms with Crippen molar-refractivity contribution in [1.82, 2.24) is 0 Å². The van der Waals surface area contributed by atoms with Crippen molar-refractivity contribution in [3.63, 3.8) is 0 Å². The predicted octanol–water partition coefficient (Wildman–Crippen LogP) is 2.30. The van der Waals surface area contributed by atoms with Gasteiger partial charge in [-0.25, -0.2) is 4.79 Å². The second-order valence-corrected chi connectivity index (χ2v) is 5.31. The molecule has 3 heteroatoms. The molecule has 0 heterocycles. The van der Waals surface area contributed by atoms with Crippen molar-refractivity contribution < 1.29 is 14.6 Å². The van der Waals surface area contributed by atoms with Crippen molar-refractivity contribution in [2.24, 2.45) is 5.41 Å². The fraction of sp³-hybridized carbons (Fsp3) is 0.900.